The molecule has 10 heteroatoms. The summed E-state index contributed by atoms with van der Waals surface area (Å²) in [5.74, 6) is 0.966. The van der Waals surface area contributed by atoms with Gasteiger partial charge in [0.15, 0.2) is 16.3 Å². The van der Waals surface area contributed by atoms with Crippen molar-refractivity contribution in [2.75, 3.05) is 27.9 Å². The number of nitrogens with zero attached hydrogens (tertiary/aromatic N) is 2. The van der Waals surface area contributed by atoms with Gasteiger partial charge in [0, 0.05) is 16.1 Å². The SMILES string of the molecule is CCOC(=O)C1=C(c2ccccc2)N=c2s/c(=C\c3cc(Cl)ccc3OC)c(=O)n2[C@@H]1c1ccc(OC)c(OC)c1. The molecule has 8 nitrogen and oxygen atoms in total. The second kappa shape index (κ2) is 12.0. The number of aromatic nitrogens is 1. The number of benzene rings is 3. The highest BCUT2D eigenvalue weighted by atomic mass is 35.5. The van der Waals surface area contributed by atoms with Crippen LogP contribution in [-0.4, -0.2) is 38.5 Å². The predicted octanol–water partition coefficient (Wildman–Crippen LogP) is 4.61. The fourth-order valence-electron chi connectivity index (χ4n) is 4.74. The average Bonchev–Trinajstić information content (AvgIpc) is 3.30. The third kappa shape index (κ3) is 5.38. The molecule has 5 rings (SSSR count). The summed E-state index contributed by atoms with van der Waals surface area (Å²) in [6, 6.07) is 19.0. The minimum atomic E-state index is -0.858. The van der Waals surface area contributed by atoms with Gasteiger partial charge in [-0.05, 0) is 48.9 Å². The van der Waals surface area contributed by atoms with Crippen molar-refractivity contribution in [2.45, 2.75) is 13.0 Å². The van der Waals surface area contributed by atoms with E-state index in [4.69, 9.17) is 35.5 Å². The number of esters is 1. The number of halogens is 1. The van der Waals surface area contributed by atoms with Crippen LogP contribution in [0.3, 0.4) is 0 Å². The summed E-state index contributed by atoms with van der Waals surface area (Å²) >= 11 is 7.46. The third-order valence-corrected chi connectivity index (χ3v) is 7.79. The van der Waals surface area contributed by atoms with E-state index in [1.54, 1.807) is 63.6 Å². The summed E-state index contributed by atoms with van der Waals surface area (Å²) in [6.07, 6.45) is 1.72. The van der Waals surface area contributed by atoms with Crippen molar-refractivity contribution in [3.05, 3.63) is 114 Å². The molecule has 1 aliphatic heterocycles. The lowest BCUT2D eigenvalue weighted by molar-refractivity contribution is -0.138. The normalized spacial score (nSPS) is 14.8. The summed E-state index contributed by atoms with van der Waals surface area (Å²) in [7, 11) is 4.63. The maximum absolute atomic E-state index is 14.1. The lowest BCUT2D eigenvalue weighted by Crippen LogP contribution is -2.40. The van der Waals surface area contributed by atoms with Crippen molar-refractivity contribution in [1.29, 1.82) is 0 Å². The second-order valence-electron chi connectivity index (χ2n) is 8.93. The molecule has 210 valence electrons. The van der Waals surface area contributed by atoms with Crippen LogP contribution >= 0.6 is 22.9 Å². The number of hydrogen-bond donors (Lipinski definition) is 0. The molecule has 2 heterocycles. The Labute approximate surface area is 245 Å². The first-order chi connectivity index (χ1) is 19.9. The molecule has 4 aromatic rings. The summed E-state index contributed by atoms with van der Waals surface area (Å²) in [5.41, 5.74) is 2.32. The topological polar surface area (TPSA) is 88.4 Å². The molecular weight excluding hydrogens is 564 g/mol. The van der Waals surface area contributed by atoms with Gasteiger partial charge < -0.3 is 18.9 Å². The summed E-state index contributed by atoms with van der Waals surface area (Å²) < 4.78 is 23.9. The number of thiazole rings is 1. The van der Waals surface area contributed by atoms with Gasteiger partial charge in [0.1, 0.15) is 5.75 Å². The highest BCUT2D eigenvalue weighted by Crippen LogP contribution is 2.38. The number of carbonyl (C=O) groups is 1. The van der Waals surface area contributed by atoms with E-state index in [1.807, 2.05) is 30.3 Å². The Balaban J connectivity index is 1.86. The Morgan fingerprint density at radius 3 is 2.37 bits per heavy atom. The largest absolute Gasteiger partial charge is 0.496 e. The average molecular weight is 591 g/mol. The molecule has 0 fully saturated rings. The first-order valence-electron chi connectivity index (χ1n) is 12.7. The van der Waals surface area contributed by atoms with Crippen LogP contribution < -0.4 is 29.1 Å². The Hall–Kier alpha value is -4.34. The standard InChI is InChI=1S/C31H27ClN2O6S/c1-5-40-30(36)26-27(18-9-7-6-8-10-18)33-31-34(28(26)19-11-13-23(38-3)24(16-19)39-4)29(35)25(41-31)17-20-15-21(32)12-14-22(20)37-2/h6-17,28H,5H2,1-4H3/b25-17-/t28-/m1/s1. The van der Waals surface area contributed by atoms with Crippen LogP contribution in [-0.2, 0) is 9.53 Å². The zero-order valence-corrected chi connectivity index (χ0v) is 24.4. The monoisotopic (exact) mass is 590 g/mol. The van der Waals surface area contributed by atoms with Gasteiger partial charge >= 0.3 is 5.97 Å². The molecule has 0 radical (unpaired) electrons. The second-order valence-corrected chi connectivity index (χ2v) is 10.4. The minimum absolute atomic E-state index is 0.155. The highest BCUT2D eigenvalue weighted by Gasteiger charge is 2.35. The Morgan fingerprint density at radius 1 is 0.976 bits per heavy atom. The van der Waals surface area contributed by atoms with Crippen molar-refractivity contribution in [1.82, 2.24) is 4.57 Å². The number of rotatable bonds is 8. The minimum Gasteiger partial charge on any atom is -0.496 e. The molecule has 0 unspecified atom stereocenters. The number of hydrogen-bond acceptors (Lipinski definition) is 8. The molecule has 0 bridgehead atoms. The molecule has 1 atom stereocenters. The van der Waals surface area contributed by atoms with Gasteiger partial charge in [0.25, 0.3) is 5.56 Å². The quantitative estimate of drug-likeness (QED) is 0.278. The third-order valence-electron chi connectivity index (χ3n) is 6.58. The molecule has 0 N–H and O–H groups in total. The van der Waals surface area contributed by atoms with E-state index < -0.39 is 12.0 Å². The van der Waals surface area contributed by atoms with Crippen molar-refractivity contribution < 1.29 is 23.7 Å². The van der Waals surface area contributed by atoms with Gasteiger partial charge in [-0.2, -0.15) is 0 Å². The molecule has 1 aromatic heterocycles. The summed E-state index contributed by atoms with van der Waals surface area (Å²) in [5, 5.41) is 0.504. The molecule has 41 heavy (non-hydrogen) atoms. The van der Waals surface area contributed by atoms with Gasteiger partial charge in [0.05, 0.1) is 49.8 Å². The Bertz CT molecular complexity index is 1830. The van der Waals surface area contributed by atoms with Crippen LogP contribution in [0.5, 0.6) is 17.2 Å². The maximum atomic E-state index is 14.1. The zero-order chi connectivity index (χ0) is 29.1. The van der Waals surface area contributed by atoms with E-state index >= 15 is 0 Å². The lowest BCUT2D eigenvalue weighted by atomic mass is 9.93. The predicted molar refractivity (Wildman–Crippen MR) is 159 cm³/mol. The van der Waals surface area contributed by atoms with Crippen molar-refractivity contribution >= 4 is 40.7 Å². The van der Waals surface area contributed by atoms with Gasteiger partial charge in [0.2, 0.25) is 0 Å². The van der Waals surface area contributed by atoms with Crippen molar-refractivity contribution in [2.24, 2.45) is 4.99 Å². The van der Waals surface area contributed by atoms with E-state index in [0.29, 0.717) is 48.4 Å². The molecular formula is C31H27ClN2O6S. The van der Waals surface area contributed by atoms with Crippen molar-refractivity contribution in [3.8, 4) is 17.2 Å². The van der Waals surface area contributed by atoms with E-state index in [2.05, 4.69) is 0 Å². The molecule has 0 saturated carbocycles. The van der Waals surface area contributed by atoms with Crippen LogP contribution in [0.2, 0.25) is 5.02 Å². The molecule has 0 spiro atoms. The molecule has 0 aliphatic carbocycles. The fourth-order valence-corrected chi connectivity index (χ4v) is 5.91. The lowest BCUT2D eigenvalue weighted by Gasteiger charge is -2.26. The first-order valence-corrected chi connectivity index (χ1v) is 13.9. The van der Waals surface area contributed by atoms with E-state index in [9.17, 15) is 9.59 Å². The van der Waals surface area contributed by atoms with E-state index in [1.165, 1.54) is 23.0 Å². The highest BCUT2D eigenvalue weighted by molar-refractivity contribution is 7.07. The number of fused-ring (bicyclic) bond motifs is 1. The molecule has 0 amide bonds. The van der Waals surface area contributed by atoms with Crippen LogP contribution in [0.15, 0.2) is 82.1 Å². The van der Waals surface area contributed by atoms with Gasteiger partial charge in [-0.1, -0.05) is 59.3 Å². The Morgan fingerprint density at radius 2 is 1.68 bits per heavy atom. The van der Waals surface area contributed by atoms with Gasteiger partial charge in [-0.3, -0.25) is 9.36 Å². The number of ether oxygens (including phenoxy) is 4. The van der Waals surface area contributed by atoms with E-state index in [0.717, 1.165) is 5.56 Å². The van der Waals surface area contributed by atoms with Gasteiger partial charge in [-0.15, -0.1) is 0 Å². The van der Waals surface area contributed by atoms with Crippen LogP contribution in [0.25, 0.3) is 11.8 Å². The van der Waals surface area contributed by atoms with Crippen LogP contribution in [0, 0.1) is 0 Å². The smallest absolute Gasteiger partial charge is 0.338 e. The summed E-state index contributed by atoms with van der Waals surface area (Å²) in [6.45, 7) is 1.89. The Kier molecular flexibility index (Phi) is 8.28. The fraction of sp³-hybridized carbons (Fsp3) is 0.194. The summed E-state index contributed by atoms with van der Waals surface area (Å²) in [4.78, 5) is 33.0. The van der Waals surface area contributed by atoms with E-state index in [-0.39, 0.29) is 17.7 Å². The number of carbonyl (C=O) groups excluding carboxylic acids is 1. The molecule has 3 aromatic carbocycles. The van der Waals surface area contributed by atoms with Crippen LogP contribution in [0.4, 0.5) is 0 Å². The molecule has 0 saturated heterocycles. The first kappa shape index (κ1) is 28.2. The maximum Gasteiger partial charge on any atom is 0.338 e. The zero-order valence-electron chi connectivity index (χ0n) is 22.8. The number of methoxy groups -OCH3 is 3. The van der Waals surface area contributed by atoms with Gasteiger partial charge in [-0.25, -0.2) is 9.79 Å². The van der Waals surface area contributed by atoms with Crippen molar-refractivity contribution in [3.63, 3.8) is 0 Å². The van der Waals surface area contributed by atoms with Crippen LogP contribution in [0.1, 0.15) is 29.7 Å². The molecule has 1 aliphatic rings.